The zero-order valence-corrected chi connectivity index (χ0v) is 10.7. The molecule has 0 amide bonds. The zero-order chi connectivity index (χ0) is 11.8. The van der Waals surface area contributed by atoms with Gasteiger partial charge in [-0.1, -0.05) is 29.8 Å². The molecule has 0 heterocycles. The highest BCUT2D eigenvalue weighted by atomic mass is 35.5. The number of nitrogens with one attached hydrogen (secondary N) is 1. The van der Waals surface area contributed by atoms with E-state index in [4.69, 9.17) is 23.2 Å². The van der Waals surface area contributed by atoms with Crippen molar-refractivity contribution >= 4 is 34.6 Å². The smallest absolute Gasteiger partial charge is 0.0976 e. The molecule has 0 aromatic rings. The Morgan fingerprint density at radius 2 is 2.07 bits per heavy atom. The van der Waals surface area contributed by atoms with Crippen LogP contribution in [0.1, 0.15) is 6.92 Å². The molecule has 0 fully saturated rings. The molecule has 15 heavy (non-hydrogen) atoms. The van der Waals surface area contributed by atoms with Gasteiger partial charge in [0, 0.05) is 31.6 Å². The second kappa shape index (κ2) is 7.49. The van der Waals surface area contributed by atoms with Crippen molar-refractivity contribution in [3.63, 3.8) is 0 Å². The molecule has 0 spiro atoms. The second-order valence-electron chi connectivity index (χ2n) is 2.75. The van der Waals surface area contributed by atoms with E-state index < -0.39 is 0 Å². The maximum Gasteiger partial charge on any atom is 0.0976 e. The Hall–Kier alpha value is -0.800. The third kappa shape index (κ3) is 5.60. The van der Waals surface area contributed by atoms with Gasteiger partial charge in [0.05, 0.1) is 16.7 Å². The molecule has 0 unspecified atom stereocenters. The lowest BCUT2D eigenvalue weighted by molar-refractivity contribution is 1.02. The van der Waals surface area contributed by atoms with Crippen molar-refractivity contribution in [2.75, 3.05) is 20.6 Å². The number of aliphatic imine (C=N–C) groups is 2. The summed E-state index contributed by atoms with van der Waals surface area (Å²) in [4.78, 5) is 7.91. The van der Waals surface area contributed by atoms with E-state index in [1.54, 1.807) is 27.2 Å². The lowest BCUT2D eigenvalue weighted by atomic mass is 10.2. The highest BCUT2D eigenvalue weighted by Gasteiger charge is 2.04. The Morgan fingerprint density at radius 1 is 1.47 bits per heavy atom. The molecule has 0 aliphatic carbocycles. The van der Waals surface area contributed by atoms with Crippen LogP contribution in [-0.4, -0.2) is 32.0 Å². The van der Waals surface area contributed by atoms with Crippen LogP contribution in [-0.2, 0) is 0 Å². The van der Waals surface area contributed by atoms with Gasteiger partial charge in [0.1, 0.15) is 0 Å². The van der Waals surface area contributed by atoms with E-state index in [1.165, 1.54) is 0 Å². The highest BCUT2D eigenvalue weighted by molar-refractivity contribution is 6.64. The topological polar surface area (TPSA) is 36.8 Å². The summed E-state index contributed by atoms with van der Waals surface area (Å²) in [5.74, 6) is 0. The average Bonchev–Trinajstić information content (AvgIpc) is 2.21. The number of hydrogen-bond donors (Lipinski definition) is 1. The van der Waals surface area contributed by atoms with Crippen molar-refractivity contribution in [3.05, 3.63) is 22.9 Å². The van der Waals surface area contributed by atoms with Gasteiger partial charge >= 0.3 is 0 Å². The maximum absolute atomic E-state index is 6.07. The average molecular weight is 248 g/mol. The van der Waals surface area contributed by atoms with Crippen molar-refractivity contribution in [2.45, 2.75) is 6.92 Å². The molecule has 1 N–H and O–H groups in total. The minimum atomic E-state index is 0.332. The standard InChI is InChI=1S/C10H15Cl2N3/c1-7(14-4)9(5-13-3)10(12)6-15-8(2)11/h5,14H,1,6H2,2-4H3/b10-9+,13-5?,15-8?. The minimum Gasteiger partial charge on any atom is -0.388 e. The monoisotopic (exact) mass is 247 g/mol. The summed E-state index contributed by atoms with van der Waals surface area (Å²) in [6, 6.07) is 0. The van der Waals surface area contributed by atoms with Gasteiger partial charge in [-0.2, -0.15) is 0 Å². The van der Waals surface area contributed by atoms with Crippen LogP contribution < -0.4 is 5.32 Å². The third-order valence-electron chi connectivity index (χ3n) is 1.61. The first-order valence-corrected chi connectivity index (χ1v) is 5.12. The van der Waals surface area contributed by atoms with Crippen LogP contribution in [0.3, 0.4) is 0 Å². The first kappa shape index (κ1) is 14.2. The quantitative estimate of drug-likeness (QED) is 0.589. The molecular formula is C10H15Cl2N3. The first-order chi connectivity index (χ1) is 7.02. The van der Waals surface area contributed by atoms with Gasteiger partial charge in [0.15, 0.2) is 0 Å². The molecule has 0 rings (SSSR count). The summed E-state index contributed by atoms with van der Waals surface area (Å²) in [7, 11) is 3.44. The van der Waals surface area contributed by atoms with E-state index in [-0.39, 0.29) is 0 Å². The first-order valence-electron chi connectivity index (χ1n) is 4.37. The molecule has 0 bridgehead atoms. The van der Waals surface area contributed by atoms with Gasteiger partial charge in [0.25, 0.3) is 0 Å². The molecule has 84 valence electrons. The van der Waals surface area contributed by atoms with E-state index in [2.05, 4.69) is 21.9 Å². The van der Waals surface area contributed by atoms with Crippen LogP contribution in [0.2, 0.25) is 0 Å². The largest absolute Gasteiger partial charge is 0.388 e. The molecule has 5 heteroatoms. The lowest BCUT2D eigenvalue weighted by Gasteiger charge is -2.07. The van der Waals surface area contributed by atoms with Crippen LogP contribution >= 0.6 is 23.2 Å². The van der Waals surface area contributed by atoms with Crippen molar-refractivity contribution in [2.24, 2.45) is 9.98 Å². The molecule has 0 saturated heterocycles. The van der Waals surface area contributed by atoms with Crippen LogP contribution in [0.4, 0.5) is 0 Å². The summed E-state index contributed by atoms with van der Waals surface area (Å²) in [5, 5.41) is 3.93. The molecule has 0 aromatic heterocycles. The Labute approximate surface area is 101 Å². The van der Waals surface area contributed by atoms with Crippen LogP contribution in [0, 0.1) is 0 Å². The number of rotatable bonds is 5. The summed E-state index contributed by atoms with van der Waals surface area (Å²) in [6.07, 6.45) is 1.64. The third-order valence-corrected chi connectivity index (χ3v) is 2.06. The Balaban J connectivity index is 4.92. The van der Waals surface area contributed by atoms with E-state index in [1.807, 2.05) is 0 Å². The Morgan fingerprint density at radius 3 is 2.47 bits per heavy atom. The lowest BCUT2D eigenvalue weighted by Crippen LogP contribution is -2.09. The van der Waals surface area contributed by atoms with Crippen LogP contribution in [0.5, 0.6) is 0 Å². The Bertz CT molecular complexity index is 313. The fraction of sp³-hybridized carbons (Fsp3) is 0.400. The number of allylic oxidation sites excluding steroid dienone is 1. The van der Waals surface area contributed by atoms with Gasteiger partial charge in [-0.25, -0.2) is 0 Å². The molecule has 0 saturated carbocycles. The number of hydrogen-bond acceptors (Lipinski definition) is 3. The Kier molecular flexibility index (Phi) is 7.09. The second-order valence-corrected chi connectivity index (χ2v) is 3.75. The summed E-state index contributed by atoms with van der Waals surface area (Å²) >= 11 is 11.7. The van der Waals surface area contributed by atoms with E-state index in [0.29, 0.717) is 22.4 Å². The predicted octanol–water partition coefficient (Wildman–Crippen LogP) is 2.57. The van der Waals surface area contributed by atoms with Gasteiger partial charge in [-0.15, -0.1) is 0 Å². The molecule has 0 aliphatic rings. The summed E-state index contributed by atoms with van der Waals surface area (Å²) in [6.45, 7) is 5.85. The number of halogens is 2. The predicted molar refractivity (Wildman–Crippen MR) is 69.3 cm³/mol. The van der Waals surface area contributed by atoms with E-state index in [9.17, 15) is 0 Å². The maximum atomic E-state index is 6.07. The molecular weight excluding hydrogens is 233 g/mol. The van der Waals surface area contributed by atoms with Gasteiger partial charge in [-0.3, -0.25) is 9.98 Å². The molecule has 0 atom stereocenters. The summed E-state index contributed by atoms with van der Waals surface area (Å²) < 4.78 is 0. The van der Waals surface area contributed by atoms with Crippen LogP contribution in [0.25, 0.3) is 0 Å². The fourth-order valence-electron chi connectivity index (χ4n) is 0.839. The van der Waals surface area contributed by atoms with Crippen LogP contribution in [0.15, 0.2) is 32.9 Å². The molecule has 3 nitrogen and oxygen atoms in total. The summed E-state index contributed by atoms with van der Waals surface area (Å²) in [5.41, 5.74) is 1.44. The van der Waals surface area contributed by atoms with Gasteiger partial charge in [-0.05, 0) is 6.92 Å². The normalized spacial score (nSPS) is 14.1. The number of likely N-dealkylation sites (N-methyl/N-ethyl adjacent to an activating group) is 1. The van der Waals surface area contributed by atoms with Gasteiger partial charge in [0.2, 0.25) is 0 Å². The SMILES string of the molecule is C=C(NC)/C(C=NC)=C(/Cl)CN=C(C)Cl. The fourth-order valence-corrected chi connectivity index (χ4v) is 1.12. The molecule has 0 aromatic carbocycles. The van der Waals surface area contributed by atoms with E-state index in [0.717, 1.165) is 5.57 Å². The molecule has 0 radical (unpaired) electrons. The van der Waals surface area contributed by atoms with Crippen molar-refractivity contribution < 1.29 is 0 Å². The highest BCUT2D eigenvalue weighted by Crippen LogP contribution is 2.14. The van der Waals surface area contributed by atoms with Crippen molar-refractivity contribution in [1.29, 1.82) is 0 Å². The van der Waals surface area contributed by atoms with E-state index >= 15 is 0 Å². The van der Waals surface area contributed by atoms with Crippen molar-refractivity contribution in [1.82, 2.24) is 5.32 Å². The zero-order valence-electron chi connectivity index (χ0n) is 9.14. The molecule has 0 aliphatic heterocycles. The van der Waals surface area contributed by atoms with Crippen molar-refractivity contribution in [3.8, 4) is 0 Å². The minimum absolute atomic E-state index is 0.332. The number of nitrogens with zero attached hydrogens (tertiary/aromatic N) is 2. The van der Waals surface area contributed by atoms with Gasteiger partial charge < -0.3 is 5.32 Å².